The standard InChI is InChI=1S/C26H26N2O3/c1-17-4-6-22(18(2)12-17)16-27-26(29)14-20-5-7-24-23(13-20)15-25(31-24)19(3)21-8-10-28(30)11-9-21/h4-13,15,19H,14,16H2,1-3H3,(H-,27,29,30)/p+1. The lowest BCUT2D eigenvalue weighted by atomic mass is 9.99. The Morgan fingerprint density at radius 3 is 2.58 bits per heavy atom. The Labute approximate surface area is 181 Å². The number of nitrogens with zero attached hydrogens (tertiary/aromatic N) is 1. The lowest BCUT2D eigenvalue weighted by Gasteiger charge is -2.09. The number of amides is 1. The lowest BCUT2D eigenvalue weighted by molar-refractivity contribution is -0.904. The fourth-order valence-electron chi connectivity index (χ4n) is 3.81. The van der Waals surface area contributed by atoms with Gasteiger partial charge < -0.3 is 9.73 Å². The topological polar surface area (TPSA) is 66.4 Å². The lowest BCUT2D eigenvalue weighted by Crippen LogP contribution is -2.28. The van der Waals surface area contributed by atoms with Gasteiger partial charge in [0, 0.05) is 34.7 Å². The van der Waals surface area contributed by atoms with E-state index < -0.39 is 0 Å². The van der Waals surface area contributed by atoms with E-state index in [1.807, 2.05) is 36.4 Å². The predicted octanol–water partition coefficient (Wildman–Crippen LogP) is 4.59. The first-order chi connectivity index (χ1) is 14.9. The fourth-order valence-corrected chi connectivity index (χ4v) is 3.81. The second-order valence-corrected chi connectivity index (χ2v) is 8.14. The highest BCUT2D eigenvalue weighted by molar-refractivity contribution is 5.83. The quantitative estimate of drug-likeness (QED) is 0.358. The van der Waals surface area contributed by atoms with Crippen LogP contribution in [-0.4, -0.2) is 11.1 Å². The molecule has 1 atom stereocenters. The van der Waals surface area contributed by atoms with Crippen molar-refractivity contribution in [3.8, 4) is 0 Å². The predicted molar refractivity (Wildman–Crippen MR) is 119 cm³/mol. The van der Waals surface area contributed by atoms with Crippen LogP contribution in [0.1, 0.15) is 46.4 Å². The number of nitrogens with one attached hydrogen (secondary N) is 1. The molecule has 0 fully saturated rings. The van der Waals surface area contributed by atoms with E-state index in [0.717, 1.165) is 38.2 Å². The SMILES string of the molecule is Cc1ccc(CNC(=O)Cc2ccc3oc(C(C)c4cc[n+](O)cc4)cc3c2)c(C)c1. The van der Waals surface area contributed by atoms with E-state index in [1.54, 1.807) is 12.4 Å². The molecule has 5 heteroatoms. The molecule has 0 saturated carbocycles. The van der Waals surface area contributed by atoms with Gasteiger partial charge in [-0.2, -0.15) is 0 Å². The van der Waals surface area contributed by atoms with Crippen molar-refractivity contribution in [3.05, 3.63) is 101 Å². The van der Waals surface area contributed by atoms with Gasteiger partial charge in [-0.15, -0.1) is 0 Å². The first-order valence-corrected chi connectivity index (χ1v) is 10.4. The van der Waals surface area contributed by atoms with E-state index in [1.165, 1.54) is 11.1 Å². The molecule has 1 amide bonds. The molecular weight excluding hydrogens is 388 g/mol. The Kier molecular flexibility index (Phi) is 5.76. The van der Waals surface area contributed by atoms with Crippen molar-refractivity contribution in [3.63, 3.8) is 0 Å². The molecule has 0 saturated heterocycles. The minimum atomic E-state index is -0.00185. The van der Waals surface area contributed by atoms with Crippen molar-refractivity contribution in [1.29, 1.82) is 0 Å². The zero-order valence-corrected chi connectivity index (χ0v) is 18.1. The number of carbonyl (C=O) groups excluding carboxylic acids is 1. The number of rotatable bonds is 6. The molecule has 0 radical (unpaired) electrons. The summed E-state index contributed by atoms with van der Waals surface area (Å²) in [5.41, 5.74) is 6.35. The van der Waals surface area contributed by atoms with E-state index in [9.17, 15) is 10.0 Å². The molecule has 0 aliphatic carbocycles. The molecule has 4 rings (SSSR count). The molecule has 0 aliphatic heterocycles. The normalized spacial score (nSPS) is 12.1. The third kappa shape index (κ3) is 4.77. The second kappa shape index (κ2) is 8.64. The maximum absolute atomic E-state index is 12.5. The van der Waals surface area contributed by atoms with Crippen molar-refractivity contribution in [2.75, 3.05) is 0 Å². The third-order valence-electron chi connectivity index (χ3n) is 5.70. The number of aryl methyl sites for hydroxylation is 2. The number of aromatic nitrogens is 1. The number of hydrogen-bond donors (Lipinski definition) is 2. The van der Waals surface area contributed by atoms with Crippen LogP contribution in [0.4, 0.5) is 0 Å². The summed E-state index contributed by atoms with van der Waals surface area (Å²) >= 11 is 0. The average Bonchev–Trinajstić information content (AvgIpc) is 3.16. The second-order valence-electron chi connectivity index (χ2n) is 8.14. The van der Waals surface area contributed by atoms with Gasteiger partial charge in [0.1, 0.15) is 11.3 Å². The van der Waals surface area contributed by atoms with E-state index in [2.05, 4.69) is 44.3 Å². The van der Waals surface area contributed by atoms with Crippen LogP contribution in [0.25, 0.3) is 11.0 Å². The molecular formula is C26H27N2O3+. The third-order valence-corrected chi connectivity index (χ3v) is 5.70. The summed E-state index contributed by atoms with van der Waals surface area (Å²) in [6, 6.07) is 17.9. The number of carbonyl (C=O) groups is 1. The van der Waals surface area contributed by atoms with Gasteiger partial charge >= 0.3 is 0 Å². The number of benzene rings is 2. The molecule has 4 aromatic rings. The Hall–Kier alpha value is -3.60. The smallest absolute Gasteiger partial charge is 0.224 e. The maximum atomic E-state index is 12.5. The molecule has 0 spiro atoms. The largest absolute Gasteiger partial charge is 0.460 e. The highest BCUT2D eigenvalue weighted by Gasteiger charge is 2.16. The monoisotopic (exact) mass is 415 g/mol. The summed E-state index contributed by atoms with van der Waals surface area (Å²) in [5, 5.41) is 13.4. The van der Waals surface area contributed by atoms with Crippen LogP contribution in [0.5, 0.6) is 0 Å². The zero-order chi connectivity index (χ0) is 22.0. The molecule has 5 nitrogen and oxygen atoms in total. The number of fused-ring (bicyclic) bond motifs is 1. The van der Waals surface area contributed by atoms with E-state index in [-0.39, 0.29) is 11.8 Å². The van der Waals surface area contributed by atoms with Gasteiger partial charge in [-0.25, -0.2) is 0 Å². The van der Waals surface area contributed by atoms with Crippen LogP contribution in [0, 0.1) is 13.8 Å². The van der Waals surface area contributed by atoms with Crippen molar-refractivity contribution in [2.24, 2.45) is 0 Å². The molecule has 2 aromatic carbocycles. The highest BCUT2D eigenvalue weighted by atomic mass is 16.5. The van der Waals surface area contributed by atoms with Crippen LogP contribution in [0.15, 0.2) is 71.4 Å². The minimum Gasteiger partial charge on any atom is -0.460 e. The summed E-state index contributed by atoms with van der Waals surface area (Å²) in [7, 11) is 0. The molecule has 2 aromatic heterocycles. The molecule has 2 heterocycles. The fraction of sp³-hybridized carbons (Fsp3) is 0.231. The van der Waals surface area contributed by atoms with Crippen LogP contribution in [0.3, 0.4) is 0 Å². The molecule has 0 aliphatic rings. The maximum Gasteiger partial charge on any atom is 0.224 e. The van der Waals surface area contributed by atoms with Crippen molar-refractivity contribution < 1.29 is 19.1 Å². The summed E-state index contributed by atoms with van der Waals surface area (Å²) in [6.45, 7) is 6.73. The van der Waals surface area contributed by atoms with Gasteiger partial charge in [0.15, 0.2) is 0 Å². The van der Waals surface area contributed by atoms with Crippen LogP contribution >= 0.6 is 0 Å². The van der Waals surface area contributed by atoms with E-state index in [4.69, 9.17) is 4.42 Å². The Bertz CT molecular complexity index is 1230. The molecule has 2 N–H and O–H groups in total. The Morgan fingerprint density at radius 2 is 1.84 bits per heavy atom. The van der Waals surface area contributed by atoms with Crippen LogP contribution < -0.4 is 10.0 Å². The van der Waals surface area contributed by atoms with Gasteiger partial charge in [0.05, 0.1) is 6.42 Å². The van der Waals surface area contributed by atoms with Gasteiger partial charge in [0.25, 0.3) is 0 Å². The van der Waals surface area contributed by atoms with Crippen molar-refractivity contribution in [2.45, 2.75) is 39.7 Å². The zero-order valence-electron chi connectivity index (χ0n) is 18.1. The summed E-state index contributed by atoms with van der Waals surface area (Å²) < 4.78 is 7.05. The minimum absolute atomic E-state index is 0.00185. The number of pyridine rings is 1. The number of hydrogen-bond acceptors (Lipinski definition) is 3. The van der Waals surface area contributed by atoms with Gasteiger partial charge in [-0.1, -0.05) is 36.8 Å². The van der Waals surface area contributed by atoms with Crippen molar-refractivity contribution in [1.82, 2.24) is 5.32 Å². The summed E-state index contributed by atoms with van der Waals surface area (Å²) in [5.74, 6) is 0.901. The van der Waals surface area contributed by atoms with Crippen LogP contribution in [-0.2, 0) is 17.8 Å². The summed E-state index contributed by atoms with van der Waals surface area (Å²) in [4.78, 5) is 12.5. The highest BCUT2D eigenvalue weighted by Crippen LogP contribution is 2.30. The Morgan fingerprint density at radius 1 is 1.06 bits per heavy atom. The van der Waals surface area contributed by atoms with Gasteiger partial charge in [-0.3, -0.25) is 10.0 Å². The Balaban J connectivity index is 1.44. The van der Waals surface area contributed by atoms with Crippen LogP contribution in [0.2, 0.25) is 0 Å². The first-order valence-electron chi connectivity index (χ1n) is 10.4. The first kappa shape index (κ1) is 20.7. The van der Waals surface area contributed by atoms with Crippen molar-refractivity contribution >= 4 is 16.9 Å². The van der Waals surface area contributed by atoms with Gasteiger partial charge in [-0.05, 0) is 54.3 Å². The summed E-state index contributed by atoms with van der Waals surface area (Å²) in [6.07, 6.45) is 3.53. The van der Waals surface area contributed by atoms with E-state index >= 15 is 0 Å². The molecule has 158 valence electrons. The molecule has 0 bridgehead atoms. The number of furan rings is 1. The molecule has 31 heavy (non-hydrogen) atoms. The average molecular weight is 416 g/mol. The van der Waals surface area contributed by atoms with E-state index in [0.29, 0.717) is 13.0 Å². The molecule has 1 unspecified atom stereocenters. The van der Waals surface area contributed by atoms with Gasteiger partial charge in [0.2, 0.25) is 18.3 Å².